The fourth-order valence-electron chi connectivity index (χ4n) is 2.04. The Morgan fingerprint density at radius 3 is 2.60 bits per heavy atom. The van der Waals surface area contributed by atoms with Crippen molar-refractivity contribution in [3.8, 4) is 5.75 Å². The summed E-state index contributed by atoms with van der Waals surface area (Å²) in [6.45, 7) is 4.17. The molecule has 6 heteroatoms. The molecule has 0 radical (unpaired) electrons. The molecule has 5 nitrogen and oxygen atoms in total. The van der Waals surface area contributed by atoms with E-state index >= 15 is 0 Å². The summed E-state index contributed by atoms with van der Waals surface area (Å²) >= 11 is 0. The zero-order valence-electron chi connectivity index (χ0n) is 12.1. The van der Waals surface area contributed by atoms with Gasteiger partial charge >= 0.3 is 0 Å². The maximum absolute atomic E-state index is 11.5. The normalized spacial score (nSPS) is 13.2. The predicted octanol–water partition coefficient (Wildman–Crippen LogP) is 1.80. The predicted molar refractivity (Wildman–Crippen MR) is 81.2 cm³/mol. The molecule has 20 heavy (non-hydrogen) atoms. The number of nitrogens with two attached hydrogens (primary N) is 1. The lowest BCUT2D eigenvalue weighted by Crippen LogP contribution is -2.29. The standard InChI is InChI=1S/C14H24N2O3S/c1-3-19-14-10-6-5-8-12(14)13(16-15)9-7-11-20(17,18)4-2/h5-6,8,10,13,16H,3-4,7,9,11,15H2,1-2H3. The molecular formula is C14H24N2O3S. The van der Waals surface area contributed by atoms with Gasteiger partial charge in [0.25, 0.3) is 0 Å². The van der Waals surface area contributed by atoms with E-state index in [1.54, 1.807) is 6.92 Å². The van der Waals surface area contributed by atoms with Crippen molar-refractivity contribution in [1.29, 1.82) is 0 Å². The lowest BCUT2D eigenvalue weighted by atomic mass is 10.0. The van der Waals surface area contributed by atoms with Gasteiger partial charge in [0, 0.05) is 17.4 Å². The van der Waals surface area contributed by atoms with Gasteiger partial charge in [-0.25, -0.2) is 8.42 Å². The molecule has 0 bridgehead atoms. The van der Waals surface area contributed by atoms with Gasteiger partial charge in [-0.05, 0) is 25.8 Å². The van der Waals surface area contributed by atoms with E-state index in [0.717, 1.165) is 11.3 Å². The zero-order chi connectivity index (χ0) is 15.0. The van der Waals surface area contributed by atoms with E-state index in [2.05, 4.69) is 5.43 Å². The molecule has 1 aromatic carbocycles. The van der Waals surface area contributed by atoms with Crippen LogP contribution in [-0.4, -0.2) is 26.5 Å². The van der Waals surface area contributed by atoms with Gasteiger partial charge in [-0.3, -0.25) is 11.3 Å². The summed E-state index contributed by atoms with van der Waals surface area (Å²) in [6, 6.07) is 7.56. The third kappa shape index (κ3) is 5.11. The van der Waals surface area contributed by atoms with Crippen LogP contribution < -0.4 is 16.0 Å². The Kier molecular flexibility index (Phi) is 6.98. The minimum absolute atomic E-state index is 0.107. The Bertz CT molecular complexity index is 503. The molecule has 0 saturated heterocycles. The molecule has 1 atom stereocenters. The number of rotatable bonds is 9. The van der Waals surface area contributed by atoms with Crippen LogP contribution >= 0.6 is 0 Å². The largest absolute Gasteiger partial charge is 0.494 e. The Hall–Kier alpha value is -1.11. The van der Waals surface area contributed by atoms with E-state index in [9.17, 15) is 8.42 Å². The zero-order valence-corrected chi connectivity index (χ0v) is 12.9. The van der Waals surface area contributed by atoms with Crippen molar-refractivity contribution in [2.24, 2.45) is 5.84 Å². The van der Waals surface area contributed by atoms with Crippen LogP contribution in [0.1, 0.15) is 38.3 Å². The third-order valence-corrected chi connectivity index (χ3v) is 4.97. The first-order valence-electron chi connectivity index (χ1n) is 6.92. The fourth-order valence-corrected chi connectivity index (χ4v) is 2.93. The van der Waals surface area contributed by atoms with Crippen LogP contribution in [0.3, 0.4) is 0 Å². The highest BCUT2D eigenvalue weighted by atomic mass is 32.2. The summed E-state index contributed by atoms with van der Waals surface area (Å²) in [5, 5.41) is 0. The van der Waals surface area contributed by atoms with Crippen LogP contribution in [0.5, 0.6) is 5.75 Å². The van der Waals surface area contributed by atoms with E-state index in [-0.39, 0.29) is 17.5 Å². The Morgan fingerprint density at radius 2 is 2.00 bits per heavy atom. The maximum Gasteiger partial charge on any atom is 0.150 e. The average molecular weight is 300 g/mol. The van der Waals surface area contributed by atoms with Crippen molar-refractivity contribution >= 4 is 9.84 Å². The van der Waals surface area contributed by atoms with Crippen molar-refractivity contribution in [1.82, 2.24) is 5.43 Å². The topological polar surface area (TPSA) is 81.4 Å². The van der Waals surface area contributed by atoms with Crippen LogP contribution in [0.2, 0.25) is 0 Å². The maximum atomic E-state index is 11.5. The SMILES string of the molecule is CCOc1ccccc1C(CCCS(=O)(=O)CC)NN. The molecule has 1 aromatic rings. The van der Waals surface area contributed by atoms with Gasteiger partial charge in [0.1, 0.15) is 15.6 Å². The van der Waals surface area contributed by atoms with Gasteiger partial charge in [0.05, 0.1) is 12.4 Å². The molecule has 0 aliphatic carbocycles. The summed E-state index contributed by atoms with van der Waals surface area (Å²) in [5.41, 5.74) is 3.71. The molecule has 0 fully saturated rings. The molecular weight excluding hydrogens is 276 g/mol. The van der Waals surface area contributed by atoms with Crippen LogP contribution in [0, 0.1) is 0 Å². The number of sulfone groups is 1. The molecule has 0 spiro atoms. The number of ether oxygens (including phenoxy) is 1. The number of hydrazine groups is 1. The van der Waals surface area contributed by atoms with Crippen molar-refractivity contribution in [2.75, 3.05) is 18.1 Å². The minimum atomic E-state index is -2.93. The Balaban J connectivity index is 2.71. The second kappa shape index (κ2) is 8.24. The van der Waals surface area contributed by atoms with Gasteiger partial charge in [-0.2, -0.15) is 0 Å². The highest BCUT2D eigenvalue weighted by Crippen LogP contribution is 2.27. The van der Waals surface area contributed by atoms with Gasteiger partial charge < -0.3 is 4.74 Å². The van der Waals surface area contributed by atoms with Crippen molar-refractivity contribution in [3.63, 3.8) is 0 Å². The monoisotopic (exact) mass is 300 g/mol. The first kappa shape index (κ1) is 16.9. The van der Waals surface area contributed by atoms with E-state index in [4.69, 9.17) is 10.6 Å². The van der Waals surface area contributed by atoms with Crippen LogP contribution in [0.15, 0.2) is 24.3 Å². The van der Waals surface area contributed by atoms with Gasteiger partial charge in [-0.1, -0.05) is 25.1 Å². The molecule has 3 N–H and O–H groups in total. The van der Waals surface area contributed by atoms with Crippen molar-refractivity contribution in [3.05, 3.63) is 29.8 Å². The number of hydrogen-bond acceptors (Lipinski definition) is 5. The second-order valence-corrected chi connectivity index (χ2v) is 7.04. The van der Waals surface area contributed by atoms with Gasteiger partial charge in [-0.15, -0.1) is 0 Å². The number of benzene rings is 1. The molecule has 0 amide bonds. The first-order chi connectivity index (χ1) is 9.54. The van der Waals surface area contributed by atoms with Crippen LogP contribution in [-0.2, 0) is 9.84 Å². The highest BCUT2D eigenvalue weighted by Gasteiger charge is 2.16. The molecule has 0 aliphatic heterocycles. The number of hydrogen-bond donors (Lipinski definition) is 2. The molecule has 0 heterocycles. The third-order valence-electron chi connectivity index (χ3n) is 3.18. The van der Waals surface area contributed by atoms with E-state index in [1.807, 2.05) is 31.2 Å². The lowest BCUT2D eigenvalue weighted by molar-refractivity contribution is 0.330. The number of nitrogens with one attached hydrogen (secondary N) is 1. The second-order valence-electron chi connectivity index (χ2n) is 4.57. The summed E-state index contributed by atoms with van der Waals surface area (Å²) in [4.78, 5) is 0. The van der Waals surface area contributed by atoms with Crippen LogP contribution in [0.25, 0.3) is 0 Å². The average Bonchev–Trinajstić information content (AvgIpc) is 2.45. The summed E-state index contributed by atoms with van der Waals surface area (Å²) in [5.74, 6) is 6.76. The molecule has 0 saturated carbocycles. The van der Waals surface area contributed by atoms with Gasteiger partial charge in [0.15, 0.2) is 0 Å². The van der Waals surface area contributed by atoms with Gasteiger partial charge in [0.2, 0.25) is 0 Å². The summed E-state index contributed by atoms with van der Waals surface area (Å²) in [6.07, 6.45) is 1.23. The Morgan fingerprint density at radius 1 is 1.30 bits per heavy atom. The molecule has 1 rings (SSSR count). The van der Waals surface area contributed by atoms with E-state index < -0.39 is 9.84 Å². The molecule has 114 valence electrons. The van der Waals surface area contributed by atoms with Crippen LogP contribution in [0.4, 0.5) is 0 Å². The lowest BCUT2D eigenvalue weighted by Gasteiger charge is -2.19. The molecule has 1 unspecified atom stereocenters. The minimum Gasteiger partial charge on any atom is -0.494 e. The molecule has 0 aliphatic rings. The molecule has 0 aromatic heterocycles. The first-order valence-corrected chi connectivity index (χ1v) is 8.74. The van der Waals surface area contributed by atoms with E-state index in [1.165, 1.54) is 0 Å². The number of para-hydroxylation sites is 1. The van der Waals surface area contributed by atoms with Crippen molar-refractivity contribution in [2.45, 2.75) is 32.7 Å². The highest BCUT2D eigenvalue weighted by molar-refractivity contribution is 7.91. The summed E-state index contributed by atoms with van der Waals surface area (Å²) < 4.78 is 28.6. The smallest absolute Gasteiger partial charge is 0.150 e. The Labute approximate surface area is 121 Å². The van der Waals surface area contributed by atoms with E-state index in [0.29, 0.717) is 19.4 Å². The van der Waals surface area contributed by atoms with Crippen molar-refractivity contribution < 1.29 is 13.2 Å². The summed E-state index contributed by atoms with van der Waals surface area (Å²) in [7, 11) is -2.93. The quantitative estimate of drug-likeness (QED) is 0.537. The fraction of sp³-hybridized carbons (Fsp3) is 0.571.